The zero-order valence-electron chi connectivity index (χ0n) is 8.97. The second-order valence-electron chi connectivity index (χ2n) is 3.59. The van der Waals surface area contributed by atoms with Gasteiger partial charge in [-0.1, -0.05) is 0 Å². The van der Waals surface area contributed by atoms with Crippen LogP contribution < -0.4 is 0 Å². The van der Waals surface area contributed by atoms with Crippen molar-refractivity contribution in [2.75, 3.05) is 0 Å². The maximum atomic E-state index is 13.5. The van der Waals surface area contributed by atoms with Crippen LogP contribution in [0.3, 0.4) is 0 Å². The first-order chi connectivity index (χ1) is 7.54. The maximum absolute atomic E-state index is 13.5. The minimum absolute atomic E-state index is 0.173. The van der Waals surface area contributed by atoms with Gasteiger partial charge in [-0.3, -0.25) is 0 Å². The molecule has 0 amide bonds. The fourth-order valence-electron chi connectivity index (χ4n) is 1.77. The minimum atomic E-state index is -0.212. The molecule has 5 heteroatoms. The van der Waals surface area contributed by atoms with Crippen molar-refractivity contribution in [2.45, 2.75) is 25.8 Å². The van der Waals surface area contributed by atoms with Gasteiger partial charge in [0, 0.05) is 12.6 Å². The van der Waals surface area contributed by atoms with Crippen molar-refractivity contribution in [3.05, 3.63) is 27.3 Å². The summed E-state index contributed by atoms with van der Waals surface area (Å²) in [4.78, 5) is 4.44. The van der Waals surface area contributed by atoms with Crippen molar-refractivity contribution in [1.29, 1.82) is 0 Å². The molecule has 16 heavy (non-hydrogen) atoms. The zero-order chi connectivity index (χ0) is 11.9. The van der Waals surface area contributed by atoms with Gasteiger partial charge in [0.1, 0.15) is 11.6 Å². The molecular weight excluding hydrogens is 341 g/mol. The third kappa shape index (κ3) is 1.93. The number of nitrogens with zero attached hydrogens (tertiary/aromatic N) is 2. The first kappa shape index (κ1) is 12.1. The van der Waals surface area contributed by atoms with Crippen molar-refractivity contribution in [2.24, 2.45) is 0 Å². The Morgan fingerprint density at radius 3 is 2.81 bits per heavy atom. The number of fused-ring (bicyclic) bond motifs is 1. The van der Waals surface area contributed by atoms with E-state index in [1.807, 2.05) is 41.0 Å². The van der Waals surface area contributed by atoms with Crippen molar-refractivity contribution in [3.63, 3.8) is 0 Å². The van der Waals surface area contributed by atoms with Gasteiger partial charge in [-0.15, -0.1) is 11.6 Å². The Morgan fingerprint density at radius 2 is 2.25 bits per heavy atom. The summed E-state index contributed by atoms with van der Waals surface area (Å²) in [5.41, 5.74) is 1.61. The summed E-state index contributed by atoms with van der Waals surface area (Å²) in [6, 6.07) is 3.27. The SMILES string of the molecule is CCn1c(C(C)Cl)nc2cc(I)c(F)cc21. The van der Waals surface area contributed by atoms with Crippen LogP contribution >= 0.6 is 34.2 Å². The molecule has 2 nitrogen and oxygen atoms in total. The summed E-state index contributed by atoms with van der Waals surface area (Å²) in [6.45, 7) is 4.61. The molecule has 0 radical (unpaired) electrons. The molecule has 2 rings (SSSR count). The Hall–Kier alpha value is -0.360. The van der Waals surface area contributed by atoms with Gasteiger partial charge in [-0.05, 0) is 42.5 Å². The van der Waals surface area contributed by atoms with Gasteiger partial charge < -0.3 is 4.57 Å². The molecule has 1 aromatic heterocycles. The highest BCUT2D eigenvalue weighted by atomic mass is 127. The second-order valence-corrected chi connectivity index (χ2v) is 5.40. The molecule has 2 aromatic rings. The van der Waals surface area contributed by atoms with Crippen molar-refractivity contribution in [1.82, 2.24) is 9.55 Å². The van der Waals surface area contributed by atoms with E-state index >= 15 is 0 Å². The van der Waals surface area contributed by atoms with Crippen LogP contribution in [-0.2, 0) is 6.54 Å². The van der Waals surface area contributed by atoms with Crippen LogP contribution in [0.2, 0.25) is 0 Å². The van der Waals surface area contributed by atoms with Crippen LogP contribution in [0, 0.1) is 9.39 Å². The number of aryl methyl sites for hydroxylation is 1. The number of imidazole rings is 1. The van der Waals surface area contributed by atoms with E-state index in [1.165, 1.54) is 6.07 Å². The average Bonchev–Trinajstić information content (AvgIpc) is 2.57. The number of hydrogen-bond donors (Lipinski definition) is 0. The fraction of sp³-hybridized carbons (Fsp3) is 0.364. The quantitative estimate of drug-likeness (QED) is 0.588. The summed E-state index contributed by atoms with van der Waals surface area (Å²) in [5.74, 6) is 0.581. The third-order valence-electron chi connectivity index (χ3n) is 2.49. The number of benzene rings is 1. The smallest absolute Gasteiger partial charge is 0.138 e. The van der Waals surface area contributed by atoms with Crippen LogP contribution in [0.15, 0.2) is 12.1 Å². The van der Waals surface area contributed by atoms with E-state index in [0.717, 1.165) is 23.4 Å². The lowest BCUT2D eigenvalue weighted by molar-refractivity contribution is 0.620. The van der Waals surface area contributed by atoms with Crippen LogP contribution in [0.4, 0.5) is 4.39 Å². The van der Waals surface area contributed by atoms with E-state index in [4.69, 9.17) is 11.6 Å². The van der Waals surface area contributed by atoms with Crippen LogP contribution in [-0.4, -0.2) is 9.55 Å². The van der Waals surface area contributed by atoms with Crippen molar-refractivity contribution < 1.29 is 4.39 Å². The van der Waals surface area contributed by atoms with E-state index in [-0.39, 0.29) is 11.2 Å². The molecule has 0 aliphatic rings. The lowest BCUT2D eigenvalue weighted by Gasteiger charge is -2.06. The highest BCUT2D eigenvalue weighted by Crippen LogP contribution is 2.26. The monoisotopic (exact) mass is 352 g/mol. The Kier molecular flexibility index (Phi) is 3.39. The molecule has 1 heterocycles. The fourth-order valence-corrected chi connectivity index (χ4v) is 2.39. The summed E-state index contributed by atoms with van der Waals surface area (Å²) in [7, 11) is 0. The van der Waals surface area contributed by atoms with Gasteiger partial charge in [-0.2, -0.15) is 0 Å². The summed E-state index contributed by atoms with van der Waals surface area (Å²) in [6.07, 6.45) is 0. The average molecular weight is 353 g/mol. The van der Waals surface area contributed by atoms with Crippen LogP contribution in [0.1, 0.15) is 25.0 Å². The molecule has 0 aliphatic heterocycles. The normalized spacial score (nSPS) is 13.3. The Morgan fingerprint density at radius 1 is 1.56 bits per heavy atom. The Bertz CT molecular complexity index is 536. The van der Waals surface area contributed by atoms with Gasteiger partial charge in [0.05, 0.1) is 20.0 Å². The van der Waals surface area contributed by atoms with Crippen LogP contribution in [0.25, 0.3) is 11.0 Å². The predicted molar refractivity (Wildman–Crippen MR) is 72.4 cm³/mol. The molecule has 0 fully saturated rings. The number of aromatic nitrogens is 2. The van der Waals surface area contributed by atoms with E-state index < -0.39 is 0 Å². The summed E-state index contributed by atoms with van der Waals surface area (Å²) < 4.78 is 16.0. The van der Waals surface area contributed by atoms with Crippen molar-refractivity contribution >= 4 is 45.2 Å². The number of hydrogen-bond acceptors (Lipinski definition) is 1. The number of halogens is 3. The summed E-state index contributed by atoms with van der Waals surface area (Å²) in [5, 5.41) is -0.173. The Labute approximate surface area is 112 Å². The van der Waals surface area contributed by atoms with E-state index in [9.17, 15) is 4.39 Å². The topological polar surface area (TPSA) is 17.8 Å². The van der Waals surface area contributed by atoms with Gasteiger partial charge in [0.25, 0.3) is 0 Å². The molecular formula is C11H11ClFIN2. The largest absolute Gasteiger partial charge is 0.327 e. The third-order valence-corrected chi connectivity index (χ3v) is 3.51. The molecule has 1 unspecified atom stereocenters. The molecule has 86 valence electrons. The standard InChI is InChI=1S/C11H11ClFIN2/c1-3-16-10-4-7(13)8(14)5-9(10)15-11(16)6(2)12/h4-6H,3H2,1-2H3. The molecule has 0 aliphatic carbocycles. The predicted octanol–water partition coefficient (Wildman–Crippen LogP) is 4.10. The van der Waals surface area contributed by atoms with Gasteiger partial charge in [-0.25, -0.2) is 9.37 Å². The maximum Gasteiger partial charge on any atom is 0.138 e. The Balaban J connectivity index is 2.77. The van der Waals surface area contributed by atoms with Gasteiger partial charge >= 0.3 is 0 Å². The molecule has 0 N–H and O–H groups in total. The number of rotatable bonds is 2. The zero-order valence-corrected chi connectivity index (χ0v) is 11.9. The van der Waals surface area contributed by atoms with E-state index in [0.29, 0.717) is 3.57 Å². The minimum Gasteiger partial charge on any atom is -0.327 e. The lowest BCUT2D eigenvalue weighted by atomic mass is 10.3. The molecule has 0 saturated carbocycles. The molecule has 0 spiro atoms. The molecule has 0 saturated heterocycles. The molecule has 1 atom stereocenters. The van der Waals surface area contributed by atoms with E-state index in [2.05, 4.69) is 4.98 Å². The first-order valence-corrected chi connectivity index (χ1v) is 6.55. The number of alkyl halides is 1. The lowest BCUT2D eigenvalue weighted by Crippen LogP contribution is -2.02. The highest BCUT2D eigenvalue weighted by molar-refractivity contribution is 14.1. The molecule has 0 bridgehead atoms. The molecule has 1 aromatic carbocycles. The van der Waals surface area contributed by atoms with Gasteiger partial charge in [0.15, 0.2) is 0 Å². The summed E-state index contributed by atoms with van der Waals surface area (Å²) >= 11 is 8.02. The van der Waals surface area contributed by atoms with Crippen molar-refractivity contribution in [3.8, 4) is 0 Å². The highest BCUT2D eigenvalue weighted by Gasteiger charge is 2.15. The van der Waals surface area contributed by atoms with E-state index in [1.54, 1.807) is 6.07 Å². The second kappa shape index (κ2) is 4.49. The van der Waals surface area contributed by atoms with Crippen LogP contribution in [0.5, 0.6) is 0 Å². The first-order valence-electron chi connectivity index (χ1n) is 5.03. The van der Waals surface area contributed by atoms with Gasteiger partial charge in [0.2, 0.25) is 0 Å².